The minimum absolute atomic E-state index is 0.159. The molecule has 0 radical (unpaired) electrons. The van der Waals surface area contributed by atoms with E-state index in [0.717, 1.165) is 73.6 Å². The molecule has 0 fully saturated rings. The number of carbonyl (C=O) groups is 4. The summed E-state index contributed by atoms with van der Waals surface area (Å²) in [6.07, 6.45) is 7.23. The summed E-state index contributed by atoms with van der Waals surface area (Å²) in [4.78, 5) is 65.6. The van der Waals surface area contributed by atoms with Crippen molar-refractivity contribution in [3.05, 3.63) is 120 Å². The SMILES string of the molecule is O=C(OCCCCCCCCCCCCOC(=O)OOOC(=O)c1cccc(-c2ccccc2)c1)OOOC(=O)c1cccc(-c2ccccc2)c1. The predicted molar refractivity (Wildman–Crippen MR) is 188 cm³/mol. The molecule has 0 saturated heterocycles. The molecule has 0 heterocycles. The van der Waals surface area contributed by atoms with Crippen molar-refractivity contribution in [2.75, 3.05) is 13.2 Å². The smallest absolute Gasteiger partial charge is 0.432 e. The fourth-order valence-corrected chi connectivity index (χ4v) is 5.14. The van der Waals surface area contributed by atoms with Gasteiger partial charge in [-0.3, -0.25) is 9.78 Å². The molecule has 4 aromatic carbocycles. The van der Waals surface area contributed by atoms with Crippen molar-refractivity contribution in [2.45, 2.75) is 64.2 Å². The molecule has 0 N–H and O–H groups in total. The molecule has 4 rings (SSSR count). The highest BCUT2D eigenvalue weighted by atomic mass is 17.5. The lowest BCUT2D eigenvalue weighted by Crippen LogP contribution is -2.12. The molecule has 52 heavy (non-hydrogen) atoms. The van der Waals surface area contributed by atoms with Crippen LogP contribution in [0.25, 0.3) is 22.3 Å². The minimum atomic E-state index is -1.09. The molecule has 0 aliphatic rings. The molecule has 12 heteroatoms. The highest BCUT2D eigenvalue weighted by Gasteiger charge is 2.14. The number of hydrogen-bond donors (Lipinski definition) is 0. The van der Waals surface area contributed by atoms with E-state index in [1.165, 1.54) is 0 Å². The van der Waals surface area contributed by atoms with E-state index >= 15 is 0 Å². The van der Waals surface area contributed by atoms with Crippen molar-refractivity contribution in [2.24, 2.45) is 0 Å². The molecule has 0 bridgehead atoms. The van der Waals surface area contributed by atoms with Crippen molar-refractivity contribution < 1.29 is 58.3 Å². The Hall–Kier alpha value is -5.72. The van der Waals surface area contributed by atoms with Gasteiger partial charge in [-0.15, -0.1) is 0 Å². The van der Waals surface area contributed by atoms with Crippen LogP contribution in [0.1, 0.15) is 84.9 Å². The van der Waals surface area contributed by atoms with Gasteiger partial charge in [-0.05, 0) is 59.4 Å². The van der Waals surface area contributed by atoms with Crippen LogP contribution in [-0.4, -0.2) is 37.5 Å². The third kappa shape index (κ3) is 14.6. The van der Waals surface area contributed by atoms with Gasteiger partial charge in [0.15, 0.2) is 0 Å². The highest BCUT2D eigenvalue weighted by molar-refractivity contribution is 5.91. The van der Waals surface area contributed by atoms with Crippen LogP contribution >= 0.6 is 0 Å². The molecule has 274 valence electrons. The first-order valence-electron chi connectivity index (χ1n) is 17.2. The normalized spacial score (nSPS) is 10.5. The van der Waals surface area contributed by atoms with Gasteiger partial charge in [-0.2, -0.15) is 0 Å². The van der Waals surface area contributed by atoms with Crippen LogP contribution in [0.5, 0.6) is 0 Å². The van der Waals surface area contributed by atoms with E-state index in [4.69, 9.17) is 9.47 Å². The van der Waals surface area contributed by atoms with Crippen molar-refractivity contribution in [1.29, 1.82) is 0 Å². The molecule has 4 aromatic rings. The van der Waals surface area contributed by atoms with Crippen molar-refractivity contribution in [3.63, 3.8) is 0 Å². The molecule has 0 amide bonds. The zero-order valence-electron chi connectivity index (χ0n) is 28.8. The maximum atomic E-state index is 12.2. The topological polar surface area (TPSA) is 142 Å². The standard InChI is InChI=1S/C40H42O12/c41-37(35-25-17-23-33(29-35)31-19-11-9-12-20-31)47-51-49-39(43)45-27-15-7-5-3-1-2-4-6-8-16-28-46-40(44)50-52-48-38(42)36-26-18-24-34(30-36)32-21-13-10-14-22-32/h9-14,17-26,29-30H,1-8,15-16,27-28H2. The molecule has 0 spiro atoms. The summed E-state index contributed by atoms with van der Waals surface area (Å²) in [5.41, 5.74) is 4.01. The maximum absolute atomic E-state index is 12.2. The van der Waals surface area contributed by atoms with Crippen molar-refractivity contribution >= 4 is 24.2 Å². The van der Waals surface area contributed by atoms with Crippen LogP contribution in [0.3, 0.4) is 0 Å². The Balaban J connectivity index is 0.902. The van der Waals surface area contributed by atoms with E-state index in [9.17, 15) is 19.2 Å². The zero-order valence-corrected chi connectivity index (χ0v) is 28.8. The van der Waals surface area contributed by atoms with E-state index in [0.29, 0.717) is 12.8 Å². The fraction of sp³-hybridized carbons (Fsp3) is 0.300. The van der Waals surface area contributed by atoms with Crippen LogP contribution in [0.15, 0.2) is 109 Å². The lowest BCUT2D eigenvalue weighted by molar-refractivity contribution is -0.452. The summed E-state index contributed by atoms with van der Waals surface area (Å²) < 4.78 is 9.86. The Kier molecular flexibility index (Phi) is 17.2. The Bertz CT molecular complexity index is 1550. The van der Waals surface area contributed by atoms with Crippen LogP contribution in [0.2, 0.25) is 0 Å². The molecular formula is C40H42O12. The van der Waals surface area contributed by atoms with Crippen LogP contribution in [0, 0.1) is 0 Å². The quantitative estimate of drug-likeness (QED) is 0.0351. The first-order chi connectivity index (χ1) is 25.5. The Morgan fingerprint density at radius 2 is 0.712 bits per heavy atom. The summed E-state index contributed by atoms with van der Waals surface area (Å²) >= 11 is 0. The van der Waals surface area contributed by atoms with E-state index in [-0.39, 0.29) is 24.3 Å². The van der Waals surface area contributed by atoms with Gasteiger partial charge in [-0.1, -0.05) is 136 Å². The summed E-state index contributed by atoms with van der Waals surface area (Å²) in [5.74, 6) is -1.62. The van der Waals surface area contributed by atoms with Gasteiger partial charge in [0.1, 0.15) is 0 Å². The highest BCUT2D eigenvalue weighted by Crippen LogP contribution is 2.22. The molecule has 0 aliphatic heterocycles. The van der Waals surface area contributed by atoms with Crippen LogP contribution < -0.4 is 0 Å². The van der Waals surface area contributed by atoms with Crippen LogP contribution in [0.4, 0.5) is 9.59 Å². The largest absolute Gasteiger partial charge is 0.543 e. The Morgan fingerprint density at radius 3 is 1.10 bits per heavy atom. The van der Waals surface area contributed by atoms with Gasteiger partial charge in [0, 0.05) is 0 Å². The average Bonchev–Trinajstić information content (AvgIpc) is 3.18. The van der Waals surface area contributed by atoms with E-state index in [1.807, 2.05) is 72.8 Å². The average molecular weight is 715 g/mol. The molecule has 0 saturated carbocycles. The third-order valence-corrected chi connectivity index (χ3v) is 7.81. The first-order valence-corrected chi connectivity index (χ1v) is 17.2. The summed E-state index contributed by atoms with van der Waals surface area (Å²) in [6, 6.07) is 32.6. The zero-order chi connectivity index (χ0) is 36.6. The van der Waals surface area contributed by atoms with Crippen molar-refractivity contribution in [3.8, 4) is 22.3 Å². The Labute approximate surface area is 302 Å². The lowest BCUT2D eigenvalue weighted by atomic mass is 10.0. The molecule has 0 aliphatic carbocycles. The Morgan fingerprint density at radius 1 is 0.365 bits per heavy atom. The third-order valence-electron chi connectivity index (χ3n) is 7.81. The second kappa shape index (κ2) is 22.9. The number of rotatable bonds is 21. The summed E-state index contributed by atoms with van der Waals surface area (Å²) in [5, 5.41) is 8.61. The van der Waals surface area contributed by atoms with Gasteiger partial charge >= 0.3 is 24.2 Å². The second-order valence-electron chi connectivity index (χ2n) is 11.7. The summed E-state index contributed by atoms with van der Waals surface area (Å²) in [6.45, 7) is 0.317. The lowest BCUT2D eigenvalue weighted by Gasteiger charge is -2.06. The monoisotopic (exact) mass is 714 g/mol. The summed E-state index contributed by atoms with van der Waals surface area (Å²) in [7, 11) is 0. The van der Waals surface area contributed by atoms with E-state index in [1.54, 1.807) is 36.4 Å². The van der Waals surface area contributed by atoms with Gasteiger partial charge in [0.2, 0.25) is 0 Å². The van der Waals surface area contributed by atoms with Gasteiger partial charge in [-0.25, -0.2) is 29.0 Å². The molecule has 0 atom stereocenters. The van der Waals surface area contributed by atoms with Gasteiger partial charge < -0.3 is 9.47 Å². The number of carbonyl (C=O) groups excluding carboxylic acids is 4. The fourth-order valence-electron chi connectivity index (χ4n) is 5.14. The van der Waals surface area contributed by atoms with E-state index < -0.39 is 24.2 Å². The second-order valence-corrected chi connectivity index (χ2v) is 11.7. The number of benzene rings is 4. The first kappa shape index (κ1) is 39.1. The molecule has 0 unspecified atom stereocenters. The molecular weight excluding hydrogens is 672 g/mol. The number of hydrogen-bond acceptors (Lipinski definition) is 12. The predicted octanol–water partition coefficient (Wildman–Crippen LogP) is 9.93. The molecule has 0 aromatic heterocycles. The van der Waals surface area contributed by atoms with Gasteiger partial charge in [0.25, 0.3) is 0 Å². The maximum Gasteiger partial charge on any atom is 0.543 e. The minimum Gasteiger partial charge on any atom is -0.432 e. The number of ether oxygens (including phenoxy) is 2. The van der Waals surface area contributed by atoms with E-state index in [2.05, 4.69) is 29.6 Å². The van der Waals surface area contributed by atoms with Gasteiger partial charge in [0.05, 0.1) is 34.4 Å². The van der Waals surface area contributed by atoms with Crippen LogP contribution in [-0.2, 0) is 39.1 Å². The molecule has 12 nitrogen and oxygen atoms in total. The van der Waals surface area contributed by atoms with Crippen molar-refractivity contribution in [1.82, 2.24) is 0 Å². The number of unbranched alkanes of at least 4 members (excludes halogenated alkanes) is 9.